The third kappa shape index (κ3) is 3.24. The van der Waals surface area contributed by atoms with Gasteiger partial charge < -0.3 is 14.2 Å². The molecule has 1 atom stereocenters. The van der Waals surface area contributed by atoms with Crippen LogP contribution in [0.15, 0.2) is 36.2 Å². The standard InChI is InChI=1S/C23H24N8OS/c1-4-31-14(2)17(11-27-31)21-28-19-22(29(21)3)25-13-26-23(19)32-15-6-9-30(12-15)20-16-7-10-33-18(16)5-8-24-20/h5,7-8,10-11,13,15H,4,6,9,12H2,1-3H3/t15-/m0/s1. The van der Waals surface area contributed by atoms with Gasteiger partial charge in [0.2, 0.25) is 5.88 Å². The fraction of sp³-hybridized carbons (Fsp3) is 0.348. The van der Waals surface area contributed by atoms with E-state index in [-0.39, 0.29) is 6.10 Å². The Morgan fingerprint density at radius 2 is 2.12 bits per heavy atom. The molecule has 5 aromatic rings. The predicted molar refractivity (Wildman–Crippen MR) is 129 cm³/mol. The molecule has 1 aliphatic heterocycles. The van der Waals surface area contributed by atoms with Crippen molar-refractivity contribution in [2.45, 2.75) is 32.9 Å². The van der Waals surface area contributed by atoms with Crippen LogP contribution in [0.2, 0.25) is 0 Å². The van der Waals surface area contributed by atoms with Gasteiger partial charge in [0.1, 0.15) is 24.1 Å². The average molecular weight is 461 g/mol. The highest BCUT2D eigenvalue weighted by atomic mass is 32.1. The molecule has 9 nitrogen and oxygen atoms in total. The molecule has 10 heteroatoms. The van der Waals surface area contributed by atoms with Crippen molar-refractivity contribution in [3.05, 3.63) is 41.9 Å². The summed E-state index contributed by atoms with van der Waals surface area (Å²) in [4.78, 5) is 20.7. The fourth-order valence-electron chi connectivity index (χ4n) is 4.60. The van der Waals surface area contributed by atoms with E-state index in [1.54, 1.807) is 17.7 Å². The Morgan fingerprint density at radius 1 is 1.21 bits per heavy atom. The van der Waals surface area contributed by atoms with Gasteiger partial charge in [-0.1, -0.05) is 0 Å². The molecule has 0 radical (unpaired) electrons. The molecule has 0 unspecified atom stereocenters. The van der Waals surface area contributed by atoms with Crippen LogP contribution in [-0.4, -0.2) is 53.5 Å². The van der Waals surface area contributed by atoms with Gasteiger partial charge in [-0.15, -0.1) is 11.3 Å². The van der Waals surface area contributed by atoms with Crippen molar-refractivity contribution < 1.29 is 4.74 Å². The molecule has 1 fully saturated rings. The van der Waals surface area contributed by atoms with Crippen LogP contribution in [0, 0.1) is 6.92 Å². The summed E-state index contributed by atoms with van der Waals surface area (Å²) in [5.41, 5.74) is 3.49. The molecule has 1 aliphatic rings. The van der Waals surface area contributed by atoms with Gasteiger partial charge in [-0.3, -0.25) is 4.68 Å². The molecule has 5 aromatic heterocycles. The van der Waals surface area contributed by atoms with Crippen LogP contribution in [0.25, 0.3) is 32.6 Å². The molecule has 0 bridgehead atoms. The first kappa shape index (κ1) is 20.1. The molecule has 0 aromatic carbocycles. The number of nitrogens with zero attached hydrogens (tertiary/aromatic N) is 8. The Balaban J connectivity index is 1.29. The minimum absolute atomic E-state index is 0.00817. The van der Waals surface area contributed by atoms with E-state index in [4.69, 9.17) is 9.72 Å². The van der Waals surface area contributed by atoms with Crippen LogP contribution in [-0.2, 0) is 13.6 Å². The van der Waals surface area contributed by atoms with Crippen LogP contribution >= 0.6 is 11.3 Å². The van der Waals surface area contributed by atoms with Crippen LogP contribution in [0.1, 0.15) is 19.0 Å². The second-order valence-corrected chi connectivity index (χ2v) is 9.19. The zero-order chi connectivity index (χ0) is 22.5. The van der Waals surface area contributed by atoms with E-state index in [1.165, 1.54) is 10.1 Å². The Labute approximate surface area is 194 Å². The van der Waals surface area contributed by atoms with Crippen LogP contribution in [0.4, 0.5) is 5.82 Å². The van der Waals surface area contributed by atoms with Gasteiger partial charge in [0.05, 0.1) is 18.3 Å². The van der Waals surface area contributed by atoms with Crippen molar-refractivity contribution in [2.75, 3.05) is 18.0 Å². The quantitative estimate of drug-likeness (QED) is 0.394. The number of hydrogen-bond acceptors (Lipinski definition) is 8. The Kier molecular flexibility index (Phi) is 4.75. The van der Waals surface area contributed by atoms with Crippen molar-refractivity contribution in [1.82, 2.24) is 34.3 Å². The van der Waals surface area contributed by atoms with Crippen LogP contribution < -0.4 is 9.64 Å². The van der Waals surface area contributed by atoms with E-state index in [0.29, 0.717) is 11.4 Å². The first-order valence-electron chi connectivity index (χ1n) is 11.1. The summed E-state index contributed by atoms with van der Waals surface area (Å²) in [7, 11) is 1.97. The smallest absolute Gasteiger partial charge is 0.245 e. The van der Waals surface area contributed by atoms with Gasteiger partial charge in [0, 0.05) is 48.5 Å². The lowest BCUT2D eigenvalue weighted by Crippen LogP contribution is -2.25. The molecule has 33 heavy (non-hydrogen) atoms. The molecule has 0 saturated carbocycles. The minimum atomic E-state index is 0.00817. The SMILES string of the molecule is CCn1ncc(-c2nc3c(O[C@H]4CCN(c5nccc6sccc56)C4)ncnc3n2C)c1C. The summed E-state index contributed by atoms with van der Waals surface area (Å²) >= 11 is 1.74. The second-order valence-electron chi connectivity index (χ2n) is 8.25. The highest BCUT2D eigenvalue weighted by molar-refractivity contribution is 7.17. The maximum absolute atomic E-state index is 6.38. The summed E-state index contributed by atoms with van der Waals surface area (Å²) in [5.74, 6) is 2.36. The highest BCUT2D eigenvalue weighted by Gasteiger charge is 2.28. The van der Waals surface area contributed by atoms with E-state index in [9.17, 15) is 0 Å². The van der Waals surface area contributed by atoms with E-state index < -0.39 is 0 Å². The monoisotopic (exact) mass is 460 g/mol. The third-order valence-corrected chi connectivity index (χ3v) is 7.23. The number of aryl methyl sites for hydroxylation is 2. The second kappa shape index (κ2) is 7.80. The molecule has 0 amide bonds. The molecular formula is C23H24N8OS. The van der Waals surface area contributed by atoms with Crippen LogP contribution in [0.5, 0.6) is 5.88 Å². The van der Waals surface area contributed by atoms with Gasteiger partial charge in [-0.2, -0.15) is 10.1 Å². The number of pyridine rings is 1. The predicted octanol–water partition coefficient (Wildman–Crippen LogP) is 3.82. The number of anilines is 1. The fourth-order valence-corrected chi connectivity index (χ4v) is 5.37. The molecule has 0 aliphatic carbocycles. The van der Waals surface area contributed by atoms with Crippen molar-refractivity contribution in [2.24, 2.45) is 7.05 Å². The summed E-state index contributed by atoms with van der Waals surface area (Å²) in [6, 6.07) is 4.21. The Hall–Kier alpha value is -3.53. The average Bonchev–Trinajstić information content (AvgIpc) is 3.61. The summed E-state index contributed by atoms with van der Waals surface area (Å²) in [5, 5.41) is 7.78. The van der Waals surface area contributed by atoms with Gasteiger partial charge in [0.15, 0.2) is 11.2 Å². The first-order valence-corrected chi connectivity index (χ1v) is 12.0. The number of imidazole rings is 1. The third-order valence-electron chi connectivity index (χ3n) is 6.35. The summed E-state index contributed by atoms with van der Waals surface area (Å²) in [6.45, 7) is 6.61. The number of thiophene rings is 1. The van der Waals surface area contributed by atoms with Gasteiger partial charge >= 0.3 is 0 Å². The van der Waals surface area contributed by atoms with Gasteiger partial charge in [-0.25, -0.2) is 15.0 Å². The van der Waals surface area contributed by atoms with E-state index in [1.807, 2.05) is 28.7 Å². The maximum Gasteiger partial charge on any atom is 0.245 e. The van der Waals surface area contributed by atoms with Gasteiger partial charge in [-0.05, 0) is 31.4 Å². The van der Waals surface area contributed by atoms with Gasteiger partial charge in [0.25, 0.3) is 0 Å². The van der Waals surface area contributed by atoms with E-state index in [2.05, 4.69) is 56.3 Å². The largest absolute Gasteiger partial charge is 0.471 e. The van der Waals surface area contributed by atoms with Crippen LogP contribution in [0.3, 0.4) is 0 Å². The molecule has 0 spiro atoms. The lowest BCUT2D eigenvalue weighted by Gasteiger charge is -2.18. The summed E-state index contributed by atoms with van der Waals surface area (Å²) < 4.78 is 11.6. The summed E-state index contributed by atoms with van der Waals surface area (Å²) in [6.07, 6.45) is 6.20. The zero-order valence-electron chi connectivity index (χ0n) is 18.8. The normalized spacial score (nSPS) is 16.3. The lowest BCUT2D eigenvalue weighted by molar-refractivity contribution is 0.218. The minimum Gasteiger partial charge on any atom is -0.471 e. The Bertz CT molecular complexity index is 1470. The van der Waals surface area contributed by atoms with E-state index in [0.717, 1.165) is 54.6 Å². The van der Waals surface area contributed by atoms with E-state index >= 15 is 0 Å². The lowest BCUT2D eigenvalue weighted by atomic mass is 10.2. The molecule has 6 rings (SSSR count). The first-order chi connectivity index (χ1) is 16.1. The molecule has 168 valence electrons. The number of aromatic nitrogens is 7. The van der Waals surface area contributed by atoms with Crippen molar-refractivity contribution in [3.63, 3.8) is 0 Å². The molecular weight excluding hydrogens is 436 g/mol. The number of hydrogen-bond donors (Lipinski definition) is 0. The number of ether oxygens (including phenoxy) is 1. The van der Waals surface area contributed by atoms with Crippen molar-refractivity contribution >= 4 is 38.4 Å². The molecule has 0 N–H and O–H groups in total. The van der Waals surface area contributed by atoms with Crippen molar-refractivity contribution in [3.8, 4) is 17.3 Å². The highest BCUT2D eigenvalue weighted by Crippen LogP contribution is 2.33. The maximum atomic E-state index is 6.38. The molecule has 1 saturated heterocycles. The Morgan fingerprint density at radius 3 is 2.97 bits per heavy atom. The topological polar surface area (TPSA) is 86.8 Å². The number of fused-ring (bicyclic) bond motifs is 2. The molecule has 6 heterocycles. The number of rotatable bonds is 5. The zero-order valence-corrected chi connectivity index (χ0v) is 19.6. The van der Waals surface area contributed by atoms with Crippen molar-refractivity contribution in [1.29, 1.82) is 0 Å².